The molecule has 0 amide bonds. The lowest BCUT2D eigenvalue weighted by molar-refractivity contribution is 0.598. The average molecular weight is 201 g/mol. The molecule has 68 valence electrons. The maximum atomic E-state index is 12.0. The maximum absolute atomic E-state index is 12.0. The van der Waals surface area contributed by atoms with E-state index in [9.17, 15) is 4.57 Å². The second-order valence-corrected chi connectivity index (χ2v) is 4.59. The van der Waals surface area contributed by atoms with Gasteiger partial charge in [-0.2, -0.15) is 0 Å². The van der Waals surface area contributed by atoms with Gasteiger partial charge in [0.05, 0.1) is 0 Å². The van der Waals surface area contributed by atoms with Crippen LogP contribution in [0.5, 0.6) is 0 Å². The van der Waals surface area contributed by atoms with Crippen LogP contribution in [0.3, 0.4) is 0 Å². The largest absolute Gasteiger partial charge is 0.415 e. The molecule has 0 aliphatic carbocycles. The van der Waals surface area contributed by atoms with E-state index in [1.807, 2.05) is 60.7 Å². The average Bonchev–Trinajstić information content (AvgIpc) is 2.30. The number of rotatable bonds is 2. The van der Waals surface area contributed by atoms with Gasteiger partial charge in [-0.3, -0.25) is 0 Å². The molecule has 0 saturated heterocycles. The molecule has 0 saturated carbocycles. The zero-order valence-electron chi connectivity index (χ0n) is 7.63. The van der Waals surface area contributed by atoms with E-state index in [-0.39, 0.29) is 0 Å². The molecule has 14 heavy (non-hydrogen) atoms. The van der Waals surface area contributed by atoms with E-state index in [0.29, 0.717) is 0 Å². The molecular weight excluding hydrogens is 191 g/mol. The Kier molecular flexibility index (Phi) is 2.71. The van der Waals surface area contributed by atoms with E-state index in [1.165, 1.54) is 0 Å². The lowest BCUT2D eigenvalue weighted by Gasteiger charge is -1.87. The third-order valence-corrected chi connectivity index (χ3v) is 3.52. The lowest BCUT2D eigenvalue weighted by Crippen LogP contribution is -2.04. The first-order valence-electron chi connectivity index (χ1n) is 4.45. The topological polar surface area (TPSA) is 17.1 Å². The molecule has 1 nitrogen and oxygen atoms in total. The molecule has 0 unspecified atom stereocenters. The van der Waals surface area contributed by atoms with E-state index in [4.69, 9.17) is 0 Å². The molecule has 0 radical (unpaired) electrons. The molecule has 0 bridgehead atoms. The Morgan fingerprint density at radius 3 is 1.36 bits per heavy atom. The van der Waals surface area contributed by atoms with E-state index in [1.54, 1.807) is 0 Å². The fraction of sp³-hybridized carbons (Fsp3) is 0. The summed E-state index contributed by atoms with van der Waals surface area (Å²) in [7, 11) is -1.42. The minimum absolute atomic E-state index is 0.883. The van der Waals surface area contributed by atoms with Crippen molar-refractivity contribution in [2.45, 2.75) is 0 Å². The highest BCUT2D eigenvalue weighted by Gasteiger charge is 2.21. The van der Waals surface area contributed by atoms with Crippen LogP contribution in [0.4, 0.5) is 0 Å². The van der Waals surface area contributed by atoms with Crippen molar-refractivity contribution >= 4 is 18.4 Å². The van der Waals surface area contributed by atoms with Crippen molar-refractivity contribution < 1.29 is 4.57 Å². The Morgan fingerprint density at radius 2 is 1.00 bits per heavy atom. The highest BCUT2D eigenvalue weighted by atomic mass is 31.1. The van der Waals surface area contributed by atoms with Gasteiger partial charge in [0.25, 0.3) is 0 Å². The van der Waals surface area contributed by atoms with Crippen LogP contribution in [0.25, 0.3) is 0 Å². The first-order chi connectivity index (χ1) is 6.88. The first-order valence-corrected chi connectivity index (χ1v) is 5.71. The summed E-state index contributed by atoms with van der Waals surface area (Å²) in [5, 5.41) is 1.77. The van der Waals surface area contributed by atoms with Crippen LogP contribution in [0.2, 0.25) is 0 Å². The van der Waals surface area contributed by atoms with Gasteiger partial charge in [0.15, 0.2) is 10.6 Å². The maximum Gasteiger partial charge on any atom is 0.415 e. The van der Waals surface area contributed by atoms with Crippen molar-refractivity contribution in [2.75, 3.05) is 0 Å². The van der Waals surface area contributed by atoms with Crippen molar-refractivity contribution in [3.63, 3.8) is 0 Å². The first kappa shape index (κ1) is 9.11. The van der Waals surface area contributed by atoms with E-state index in [0.717, 1.165) is 10.6 Å². The fourth-order valence-electron chi connectivity index (χ4n) is 1.28. The summed E-state index contributed by atoms with van der Waals surface area (Å²) in [4.78, 5) is 0. The van der Waals surface area contributed by atoms with Gasteiger partial charge in [0, 0.05) is 0 Å². The molecule has 0 spiro atoms. The summed E-state index contributed by atoms with van der Waals surface area (Å²) in [5.74, 6) is 0. The van der Waals surface area contributed by atoms with Gasteiger partial charge in [-0.25, -0.2) is 0 Å². The van der Waals surface area contributed by atoms with Gasteiger partial charge < -0.3 is 0 Å². The van der Waals surface area contributed by atoms with Gasteiger partial charge in [0.2, 0.25) is 0 Å². The van der Waals surface area contributed by atoms with E-state index in [2.05, 4.69) is 0 Å². The molecule has 0 aliphatic rings. The lowest BCUT2D eigenvalue weighted by atomic mass is 10.4. The fourth-order valence-corrected chi connectivity index (χ4v) is 2.46. The number of benzene rings is 2. The van der Waals surface area contributed by atoms with E-state index >= 15 is 0 Å². The molecule has 0 atom stereocenters. The molecule has 0 heterocycles. The Hall–Kier alpha value is -1.46. The quantitative estimate of drug-likeness (QED) is 0.682. The van der Waals surface area contributed by atoms with E-state index < -0.39 is 7.80 Å². The van der Waals surface area contributed by atoms with Gasteiger partial charge in [-0.15, -0.1) is 0 Å². The van der Waals surface area contributed by atoms with Crippen LogP contribution in [-0.2, 0) is 4.57 Å². The Bertz CT molecular complexity index is 381. The molecule has 2 aromatic carbocycles. The molecular formula is C12H10OP+. The highest BCUT2D eigenvalue weighted by Crippen LogP contribution is 2.18. The second kappa shape index (κ2) is 4.17. The highest BCUT2D eigenvalue weighted by molar-refractivity contribution is 7.61. The summed E-state index contributed by atoms with van der Waals surface area (Å²) in [5.41, 5.74) is 0. The monoisotopic (exact) mass is 201 g/mol. The summed E-state index contributed by atoms with van der Waals surface area (Å²) in [6.07, 6.45) is 0. The molecule has 0 aliphatic heterocycles. The van der Waals surface area contributed by atoms with Crippen LogP contribution in [0.15, 0.2) is 60.7 Å². The smallest absolute Gasteiger partial charge is 0.0619 e. The van der Waals surface area contributed by atoms with Crippen molar-refractivity contribution in [1.29, 1.82) is 0 Å². The zero-order chi connectivity index (χ0) is 9.80. The van der Waals surface area contributed by atoms with Gasteiger partial charge >= 0.3 is 7.80 Å². The normalized spacial score (nSPS) is 9.71. The minimum Gasteiger partial charge on any atom is -0.0619 e. The van der Waals surface area contributed by atoms with Crippen LogP contribution in [0.1, 0.15) is 0 Å². The van der Waals surface area contributed by atoms with Gasteiger partial charge in [-0.1, -0.05) is 41.0 Å². The van der Waals surface area contributed by atoms with Crippen LogP contribution >= 0.6 is 7.80 Å². The van der Waals surface area contributed by atoms with Gasteiger partial charge in [-0.05, 0) is 24.3 Å². The zero-order valence-corrected chi connectivity index (χ0v) is 8.52. The summed E-state index contributed by atoms with van der Waals surface area (Å²) in [6, 6.07) is 19.1. The molecule has 2 aromatic rings. The molecule has 0 fully saturated rings. The van der Waals surface area contributed by atoms with Crippen LogP contribution < -0.4 is 10.6 Å². The summed E-state index contributed by atoms with van der Waals surface area (Å²) >= 11 is 0. The van der Waals surface area contributed by atoms with Crippen LogP contribution in [0, 0.1) is 0 Å². The third kappa shape index (κ3) is 1.89. The van der Waals surface area contributed by atoms with Crippen molar-refractivity contribution in [1.82, 2.24) is 0 Å². The number of hydrogen-bond donors (Lipinski definition) is 0. The Labute approximate surface area is 84.2 Å². The predicted molar refractivity (Wildman–Crippen MR) is 59.8 cm³/mol. The SMILES string of the molecule is O=[P+](c1ccccc1)c1ccccc1. The van der Waals surface area contributed by atoms with Crippen LogP contribution in [-0.4, -0.2) is 0 Å². The predicted octanol–water partition coefficient (Wildman–Crippen LogP) is 2.46. The Balaban J connectivity index is 2.35. The summed E-state index contributed by atoms with van der Waals surface area (Å²) < 4.78 is 12.0. The van der Waals surface area contributed by atoms with Crippen molar-refractivity contribution in [3.05, 3.63) is 60.7 Å². The second-order valence-electron chi connectivity index (χ2n) is 2.97. The van der Waals surface area contributed by atoms with Gasteiger partial charge in [0.1, 0.15) is 0 Å². The molecule has 0 aromatic heterocycles. The standard InChI is InChI=1S/C12H10OP/c13-14(11-7-3-1-4-8-11)12-9-5-2-6-10-12/h1-10H/q+1. The third-order valence-electron chi connectivity index (χ3n) is 1.98. The molecule has 0 N–H and O–H groups in total. The molecule has 2 rings (SSSR count). The van der Waals surface area contributed by atoms with Crippen molar-refractivity contribution in [2.24, 2.45) is 0 Å². The molecule has 2 heteroatoms. The van der Waals surface area contributed by atoms with Crippen molar-refractivity contribution in [3.8, 4) is 0 Å². The minimum atomic E-state index is -1.42. The number of hydrogen-bond acceptors (Lipinski definition) is 1. The summed E-state index contributed by atoms with van der Waals surface area (Å²) in [6.45, 7) is 0. The Morgan fingerprint density at radius 1 is 0.643 bits per heavy atom.